The van der Waals surface area contributed by atoms with Gasteiger partial charge in [-0.3, -0.25) is 0 Å². The molecule has 0 aromatic rings. The summed E-state index contributed by atoms with van der Waals surface area (Å²) >= 11 is 0. The van der Waals surface area contributed by atoms with Gasteiger partial charge in [0.25, 0.3) is 0 Å². The number of nitrogens with two attached hydrogens (primary N) is 1. The molecule has 0 bridgehead atoms. The first-order chi connectivity index (χ1) is 4.91. The molecular weight excluding hydrogens is 173 g/mol. The van der Waals surface area contributed by atoms with Gasteiger partial charge in [0.15, 0.2) is 10.3 Å². The molecule has 0 saturated heterocycles. The van der Waals surface area contributed by atoms with E-state index < -0.39 is 10.3 Å². The van der Waals surface area contributed by atoms with Crippen molar-refractivity contribution in [2.24, 2.45) is 5.14 Å². The molecule has 0 heterocycles. The SMILES string of the molecule is C#CCCC#C.NS(=O)(=O)[O-].[Li+]. The van der Waals surface area contributed by atoms with Gasteiger partial charge < -0.3 is 4.55 Å². The van der Waals surface area contributed by atoms with Crippen LogP contribution in [0.15, 0.2) is 0 Å². The molecule has 62 valence electrons. The summed E-state index contributed by atoms with van der Waals surface area (Å²) in [6.45, 7) is 0. The fourth-order valence-corrected chi connectivity index (χ4v) is 0.144. The van der Waals surface area contributed by atoms with Crippen molar-refractivity contribution in [2.45, 2.75) is 12.8 Å². The monoisotopic (exact) mass is 181 g/mol. The fourth-order valence-electron chi connectivity index (χ4n) is 0.144. The second-order valence-corrected chi connectivity index (χ2v) is 2.39. The average molecular weight is 181 g/mol. The molecule has 0 aromatic carbocycles. The molecule has 0 aliphatic heterocycles. The topological polar surface area (TPSA) is 83.2 Å². The third-order valence-corrected chi connectivity index (χ3v) is 0.414. The normalized spacial score (nSPS) is 7.67. The van der Waals surface area contributed by atoms with Crippen molar-refractivity contribution in [1.29, 1.82) is 0 Å². The summed E-state index contributed by atoms with van der Waals surface area (Å²) in [6, 6.07) is 0. The Labute approximate surface area is 85.0 Å². The first-order valence-corrected chi connectivity index (χ1v) is 3.99. The van der Waals surface area contributed by atoms with E-state index in [4.69, 9.17) is 25.8 Å². The Hall–Kier alpha value is -0.413. The molecule has 0 rings (SSSR count). The van der Waals surface area contributed by atoms with Crippen molar-refractivity contribution in [1.82, 2.24) is 0 Å². The van der Waals surface area contributed by atoms with Crippen LogP contribution in [-0.4, -0.2) is 13.0 Å². The van der Waals surface area contributed by atoms with E-state index in [0.29, 0.717) is 12.8 Å². The number of hydrogen-bond donors (Lipinski definition) is 1. The molecule has 0 fully saturated rings. The summed E-state index contributed by atoms with van der Waals surface area (Å²) < 4.78 is 26.6. The minimum atomic E-state index is -4.42. The van der Waals surface area contributed by atoms with Crippen LogP contribution in [0.2, 0.25) is 0 Å². The molecule has 0 aliphatic rings. The van der Waals surface area contributed by atoms with Gasteiger partial charge in [-0.15, -0.1) is 24.7 Å². The zero-order chi connectivity index (χ0) is 9.33. The quantitative estimate of drug-likeness (QED) is 0.197. The maximum Gasteiger partial charge on any atom is 1.00 e. The molecular formula is C6H8LiNO3S. The van der Waals surface area contributed by atoms with Crippen LogP contribution < -0.4 is 24.0 Å². The minimum absolute atomic E-state index is 0. The van der Waals surface area contributed by atoms with Crippen molar-refractivity contribution in [3.05, 3.63) is 0 Å². The van der Waals surface area contributed by atoms with E-state index in [9.17, 15) is 0 Å². The van der Waals surface area contributed by atoms with Gasteiger partial charge in [0.2, 0.25) is 0 Å². The number of terminal acetylenes is 2. The van der Waals surface area contributed by atoms with Gasteiger partial charge in [-0.2, -0.15) is 0 Å². The van der Waals surface area contributed by atoms with Gasteiger partial charge in [0.1, 0.15) is 0 Å². The van der Waals surface area contributed by atoms with E-state index in [1.165, 1.54) is 0 Å². The van der Waals surface area contributed by atoms with Gasteiger partial charge in [-0.25, -0.2) is 13.6 Å². The molecule has 4 nitrogen and oxygen atoms in total. The second-order valence-electron chi connectivity index (χ2n) is 1.40. The summed E-state index contributed by atoms with van der Waals surface area (Å²) in [6.07, 6.45) is 11.1. The van der Waals surface area contributed by atoms with Crippen molar-refractivity contribution >= 4 is 10.3 Å². The predicted octanol–water partition coefficient (Wildman–Crippen LogP) is -3.56. The zero-order valence-electron chi connectivity index (χ0n) is 6.78. The van der Waals surface area contributed by atoms with Gasteiger partial charge in [0.05, 0.1) is 0 Å². The molecule has 0 atom stereocenters. The van der Waals surface area contributed by atoms with Crippen LogP contribution in [0.1, 0.15) is 12.8 Å². The van der Waals surface area contributed by atoms with Crippen LogP contribution in [0.3, 0.4) is 0 Å². The van der Waals surface area contributed by atoms with Crippen LogP contribution in [0, 0.1) is 24.7 Å². The first-order valence-electron chi connectivity index (χ1n) is 2.52. The van der Waals surface area contributed by atoms with E-state index in [-0.39, 0.29) is 18.9 Å². The van der Waals surface area contributed by atoms with Gasteiger partial charge in [-0.05, 0) is 0 Å². The molecule has 0 aromatic heterocycles. The third kappa shape index (κ3) is 106. The summed E-state index contributed by atoms with van der Waals surface area (Å²) in [5.41, 5.74) is 0. The molecule has 0 amide bonds. The predicted molar refractivity (Wildman–Crippen MR) is 40.8 cm³/mol. The Bertz CT molecular complexity index is 237. The van der Waals surface area contributed by atoms with Crippen molar-refractivity contribution in [3.8, 4) is 24.7 Å². The number of unbranched alkanes of at least 4 members (excludes halogenated alkanes) is 1. The average Bonchev–Trinajstić information content (AvgIpc) is 1.79. The van der Waals surface area contributed by atoms with E-state index >= 15 is 0 Å². The maximum atomic E-state index is 8.85. The number of rotatable bonds is 1. The van der Waals surface area contributed by atoms with Crippen LogP contribution in [-0.2, 0) is 10.3 Å². The summed E-state index contributed by atoms with van der Waals surface area (Å²) in [4.78, 5) is 0. The van der Waals surface area contributed by atoms with Crippen LogP contribution in [0.4, 0.5) is 0 Å². The van der Waals surface area contributed by atoms with Crippen LogP contribution >= 0.6 is 0 Å². The summed E-state index contributed by atoms with van der Waals surface area (Å²) in [5, 5.41) is 3.77. The molecule has 6 heteroatoms. The number of hydrogen-bond acceptors (Lipinski definition) is 3. The second kappa shape index (κ2) is 10.6. The minimum Gasteiger partial charge on any atom is -0.736 e. The Kier molecular flexibility index (Phi) is 15.5. The van der Waals surface area contributed by atoms with E-state index in [0.717, 1.165) is 0 Å². The first kappa shape index (κ1) is 17.6. The van der Waals surface area contributed by atoms with Crippen LogP contribution in [0.25, 0.3) is 0 Å². The third-order valence-electron chi connectivity index (χ3n) is 0.414. The van der Waals surface area contributed by atoms with Gasteiger partial charge in [0, 0.05) is 12.8 Å². The summed E-state index contributed by atoms with van der Waals surface area (Å²) in [5.74, 6) is 4.85. The Morgan fingerprint density at radius 2 is 1.42 bits per heavy atom. The molecule has 12 heavy (non-hydrogen) atoms. The summed E-state index contributed by atoms with van der Waals surface area (Å²) in [7, 11) is -4.42. The van der Waals surface area contributed by atoms with E-state index in [2.05, 4.69) is 17.0 Å². The molecule has 0 saturated carbocycles. The molecule has 0 unspecified atom stereocenters. The Balaban J connectivity index is -0.000000126. The molecule has 0 aliphatic carbocycles. The van der Waals surface area contributed by atoms with Crippen molar-refractivity contribution in [3.63, 3.8) is 0 Å². The van der Waals surface area contributed by atoms with E-state index in [1.54, 1.807) is 0 Å². The van der Waals surface area contributed by atoms with Gasteiger partial charge in [-0.1, -0.05) is 0 Å². The van der Waals surface area contributed by atoms with Gasteiger partial charge >= 0.3 is 18.9 Å². The molecule has 0 radical (unpaired) electrons. The Morgan fingerprint density at radius 1 is 1.25 bits per heavy atom. The van der Waals surface area contributed by atoms with Crippen molar-refractivity contribution < 1.29 is 31.8 Å². The largest absolute Gasteiger partial charge is 1.00 e. The standard InChI is InChI=1S/C6H6.Li.H3NO3S/c1-3-5-6-4-2;;1-5(2,3)4/h1-2H,5-6H2;;(H3,1,2,3,4)/q;+1;/p-1. The molecule has 0 spiro atoms. The zero-order valence-corrected chi connectivity index (χ0v) is 7.60. The van der Waals surface area contributed by atoms with Crippen LogP contribution in [0.5, 0.6) is 0 Å². The van der Waals surface area contributed by atoms with E-state index in [1.807, 2.05) is 0 Å². The smallest absolute Gasteiger partial charge is 0.736 e. The maximum absolute atomic E-state index is 8.85. The Morgan fingerprint density at radius 3 is 1.50 bits per heavy atom. The van der Waals surface area contributed by atoms with Crippen molar-refractivity contribution in [2.75, 3.05) is 0 Å². The fraction of sp³-hybridized carbons (Fsp3) is 0.333. The molecule has 2 N–H and O–H groups in total.